The van der Waals surface area contributed by atoms with E-state index in [4.69, 9.17) is 14.6 Å². The van der Waals surface area contributed by atoms with Gasteiger partial charge in [-0.3, -0.25) is 0 Å². The van der Waals surface area contributed by atoms with Crippen molar-refractivity contribution in [3.63, 3.8) is 0 Å². The van der Waals surface area contributed by atoms with E-state index in [2.05, 4.69) is 29.6 Å². The van der Waals surface area contributed by atoms with Crippen LogP contribution in [0, 0.1) is 5.92 Å². The normalized spacial score (nSPS) is 27.6. The number of ether oxygens (including phenoxy) is 1. The monoisotopic (exact) mass is 289 g/mol. The third-order valence-electron chi connectivity index (χ3n) is 3.25. The summed E-state index contributed by atoms with van der Waals surface area (Å²) in [5, 5.41) is 10.5. The first-order valence-corrected chi connectivity index (χ1v) is 6.10. The fourth-order valence-electron chi connectivity index (χ4n) is 2.32. The second-order valence-corrected chi connectivity index (χ2v) is 4.59. The van der Waals surface area contributed by atoms with Crippen LogP contribution in [-0.2, 0) is 9.53 Å². The molecule has 2 atom stereocenters. The molecule has 2 N–H and O–H groups in total. The molecular weight excluding hydrogens is 275 g/mol. The molecule has 2 heterocycles. The van der Waals surface area contributed by atoms with E-state index in [9.17, 15) is 13.2 Å². The number of allylic oxidation sites excluding steroid dienone is 3. The lowest BCUT2D eigenvalue weighted by Gasteiger charge is -2.28. The highest BCUT2D eigenvalue weighted by Crippen LogP contribution is 2.31. The second kappa shape index (κ2) is 5.80. The van der Waals surface area contributed by atoms with E-state index >= 15 is 0 Å². The standard InChI is InChI=1S/C11H13NO.C2HF3O2/c1-2-4-9-8(3-1)7-13-11-6-12-5-10(9)11;3-2(4,5)1(6)7/h1-4,8,11-12H,5-7H2;(H,6,7). The summed E-state index contributed by atoms with van der Waals surface area (Å²) in [6, 6.07) is 0. The van der Waals surface area contributed by atoms with Crippen molar-refractivity contribution in [3.8, 4) is 0 Å². The highest BCUT2D eigenvalue weighted by atomic mass is 19.4. The maximum Gasteiger partial charge on any atom is 0.490 e. The molecule has 3 rings (SSSR count). The van der Waals surface area contributed by atoms with Gasteiger partial charge in [0.15, 0.2) is 0 Å². The number of carbonyl (C=O) groups is 1. The van der Waals surface area contributed by atoms with Crippen molar-refractivity contribution in [3.05, 3.63) is 35.5 Å². The molecule has 20 heavy (non-hydrogen) atoms. The zero-order chi connectivity index (χ0) is 14.8. The largest absolute Gasteiger partial charge is 0.490 e. The van der Waals surface area contributed by atoms with Gasteiger partial charge in [0.25, 0.3) is 0 Å². The third-order valence-corrected chi connectivity index (χ3v) is 3.25. The summed E-state index contributed by atoms with van der Waals surface area (Å²) in [4.78, 5) is 8.90. The van der Waals surface area contributed by atoms with Crippen molar-refractivity contribution in [2.75, 3.05) is 19.7 Å². The quantitative estimate of drug-likeness (QED) is 0.712. The highest BCUT2D eigenvalue weighted by molar-refractivity contribution is 5.73. The number of nitrogens with one attached hydrogen (secondary N) is 1. The average Bonchev–Trinajstić information content (AvgIpc) is 2.87. The van der Waals surface area contributed by atoms with Gasteiger partial charge in [0.05, 0.1) is 12.7 Å². The van der Waals surface area contributed by atoms with Crippen LogP contribution in [-0.4, -0.2) is 43.1 Å². The lowest BCUT2D eigenvalue weighted by Crippen LogP contribution is -2.28. The third kappa shape index (κ3) is 3.29. The summed E-state index contributed by atoms with van der Waals surface area (Å²) >= 11 is 0. The van der Waals surface area contributed by atoms with Gasteiger partial charge in [0, 0.05) is 19.0 Å². The second-order valence-electron chi connectivity index (χ2n) is 4.59. The number of aliphatic carboxylic acids is 1. The van der Waals surface area contributed by atoms with Crippen molar-refractivity contribution in [2.24, 2.45) is 5.92 Å². The van der Waals surface area contributed by atoms with Gasteiger partial charge in [0.2, 0.25) is 0 Å². The van der Waals surface area contributed by atoms with Crippen molar-refractivity contribution in [1.82, 2.24) is 5.32 Å². The van der Waals surface area contributed by atoms with Gasteiger partial charge in [-0.2, -0.15) is 13.2 Å². The minimum absolute atomic E-state index is 0.349. The molecule has 1 fully saturated rings. The van der Waals surface area contributed by atoms with Gasteiger partial charge in [-0.05, 0) is 11.1 Å². The molecule has 0 spiro atoms. The van der Waals surface area contributed by atoms with Gasteiger partial charge in [-0.25, -0.2) is 4.79 Å². The highest BCUT2D eigenvalue weighted by Gasteiger charge is 2.38. The summed E-state index contributed by atoms with van der Waals surface area (Å²) in [6.45, 7) is 2.85. The zero-order valence-corrected chi connectivity index (χ0v) is 10.5. The lowest BCUT2D eigenvalue weighted by atomic mass is 9.88. The molecule has 2 unspecified atom stereocenters. The topological polar surface area (TPSA) is 58.6 Å². The fraction of sp³-hybridized carbons (Fsp3) is 0.462. The maximum absolute atomic E-state index is 10.6. The molecular formula is C13H14F3NO3. The number of halogens is 3. The minimum Gasteiger partial charge on any atom is -0.475 e. The number of alkyl halides is 3. The first kappa shape index (κ1) is 14.8. The molecule has 2 aliphatic heterocycles. The minimum atomic E-state index is -5.08. The molecule has 0 amide bonds. The van der Waals surface area contributed by atoms with E-state index in [1.807, 2.05) is 0 Å². The van der Waals surface area contributed by atoms with Gasteiger partial charge in [-0.1, -0.05) is 24.3 Å². The summed E-state index contributed by atoms with van der Waals surface area (Å²) < 4.78 is 37.5. The Morgan fingerprint density at radius 1 is 1.40 bits per heavy atom. The molecule has 0 aromatic carbocycles. The summed E-state index contributed by atoms with van der Waals surface area (Å²) in [5.74, 6) is -2.25. The van der Waals surface area contributed by atoms with E-state index in [1.54, 1.807) is 0 Å². The van der Waals surface area contributed by atoms with Crippen LogP contribution in [0.1, 0.15) is 0 Å². The Kier molecular flexibility index (Phi) is 4.29. The number of fused-ring (bicyclic) bond motifs is 2. The SMILES string of the molecule is C1=CC2=C3CNCC3OCC2C=C1.O=C(O)C(F)(F)F. The molecule has 110 valence electrons. The van der Waals surface area contributed by atoms with Crippen molar-refractivity contribution < 1.29 is 27.8 Å². The van der Waals surface area contributed by atoms with E-state index in [0.717, 1.165) is 19.7 Å². The first-order valence-electron chi connectivity index (χ1n) is 6.10. The van der Waals surface area contributed by atoms with Crippen LogP contribution < -0.4 is 5.32 Å². The number of carboxylic acids is 1. The van der Waals surface area contributed by atoms with Crippen LogP contribution in [0.25, 0.3) is 0 Å². The summed E-state index contributed by atoms with van der Waals surface area (Å²) in [7, 11) is 0. The zero-order valence-electron chi connectivity index (χ0n) is 10.5. The van der Waals surface area contributed by atoms with E-state index in [-0.39, 0.29) is 0 Å². The van der Waals surface area contributed by atoms with Crippen LogP contribution in [0.4, 0.5) is 13.2 Å². The van der Waals surface area contributed by atoms with Gasteiger partial charge in [-0.15, -0.1) is 0 Å². The molecule has 3 aliphatic rings. The van der Waals surface area contributed by atoms with Crippen LogP contribution in [0.2, 0.25) is 0 Å². The van der Waals surface area contributed by atoms with Gasteiger partial charge >= 0.3 is 12.1 Å². The molecule has 1 saturated heterocycles. The average molecular weight is 289 g/mol. The molecule has 1 aliphatic carbocycles. The molecule has 0 bridgehead atoms. The number of hydrogen-bond donors (Lipinski definition) is 2. The van der Waals surface area contributed by atoms with Crippen LogP contribution in [0.5, 0.6) is 0 Å². The predicted octanol–water partition coefficient (Wildman–Crippen LogP) is 1.66. The Balaban J connectivity index is 0.000000182. The molecule has 4 nitrogen and oxygen atoms in total. The number of carboxylic acid groups (broad SMARTS) is 1. The van der Waals surface area contributed by atoms with E-state index < -0.39 is 12.1 Å². The number of hydrogen-bond acceptors (Lipinski definition) is 3. The Hall–Kier alpha value is -1.60. The van der Waals surface area contributed by atoms with Gasteiger partial charge in [0.1, 0.15) is 0 Å². The molecule has 0 aromatic rings. The Morgan fingerprint density at radius 3 is 2.75 bits per heavy atom. The summed E-state index contributed by atoms with van der Waals surface area (Å²) in [6.07, 6.45) is 3.97. The van der Waals surface area contributed by atoms with Crippen LogP contribution in [0.3, 0.4) is 0 Å². The molecule has 7 heteroatoms. The maximum atomic E-state index is 10.6. The molecule has 0 radical (unpaired) electrons. The Bertz CT molecular complexity index is 480. The van der Waals surface area contributed by atoms with Crippen molar-refractivity contribution >= 4 is 5.97 Å². The molecule has 0 aromatic heterocycles. The number of rotatable bonds is 0. The lowest BCUT2D eigenvalue weighted by molar-refractivity contribution is -0.192. The van der Waals surface area contributed by atoms with Crippen molar-refractivity contribution in [1.29, 1.82) is 0 Å². The fourth-order valence-corrected chi connectivity index (χ4v) is 2.32. The molecule has 0 saturated carbocycles. The first-order chi connectivity index (χ1) is 9.39. The smallest absolute Gasteiger partial charge is 0.475 e. The Labute approximate surface area is 113 Å². The Morgan fingerprint density at radius 2 is 2.10 bits per heavy atom. The van der Waals surface area contributed by atoms with Crippen LogP contribution in [0.15, 0.2) is 35.5 Å². The van der Waals surface area contributed by atoms with Crippen LogP contribution >= 0.6 is 0 Å². The summed E-state index contributed by atoms with van der Waals surface area (Å²) in [5.41, 5.74) is 2.96. The van der Waals surface area contributed by atoms with E-state index in [0.29, 0.717) is 12.0 Å². The predicted molar refractivity (Wildman–Crippen MR) is 65.1 cm³/mol. The van der Waals surface area contributed by atoms with Gasteiger partial charge < -0.3 is 15.2 Å². The van der Waals surface area contributed by atoms with Crippen molar-refractivity contribution in [2.45, 2.75) is 12.3 Å². The van der Waals surface area contributed by atoms with E-state index in [1.165, 1.54) is 11.1 Å².